The summed E-state index contributed by atoms with van der Waals surface area (Å²) in [5.41, 5.74) is 5.45. The van der Waals surface area contributed by atoms with Gasteiger partial charge in [0.05, 0.1) is 12.8 Å². The van der Waals surface area contributed by atoms with Gasteiger partial charge in [0.2, 0.25) is 0 Å². The van der Waals surface area contributed by atoms with E-state index in [1.54, 1.807) is 0 Å². The Morgan fingerprint density at radius 3 is 1.80 bits per heavy atom. The molecule has 0 radical (unpaired) electrons. The second-order valence-corrected chi connectivity index (χ2v) is 6.21. The Bertz CT molecular complexity index is 540. The van der Waals surface area contributed by atoms with Crippen LogP contribution in [0.15, 0.2) is 48.5 Å². The summed E-state index contributed by atoms with van der Waals surface area (Å²) in [7, 11) is 0. The Hall–Kier alpha value is -1.69. The van der Waals surface area contributed by atoms with Gasteiger partial charge in [0.15, 0.2) is 0 Å². The molecule has 1 fully saturated rings. The van der Waals surface area contributed by atoms with E-state index >= 15 is 0 Å². The summed E-state index contributed by atoms with van der Waals surface area (Å²) in [4.78, 5) is 0. The predicted octanol–water partition coefficient (Wildman–Crippen LogP) is 5.77. The van der Waals surface area contributed by atoms with E-state index in [4.69, 9.17) is 0 Å². The topological polar surface area (TPSA) is 0 Å². The van der Waals surface area contributed by atoms with Gasteiger partial charge in [-0.05, 0) is 55.2 Å². The standard InChI is InChI=1S/C20H23/c1-15-3-7-17(8-4-15)19-11-13-20(14-12-19)18-9-5-16(2)6-10-18/h5-6,9-15,17H,1,3-4,7-8H2,2H3/q+1. The molecule has 2 aromatic rings. The third-order valence-electron chi connectivity index (χ3n) is 4.61. The minimum Gasteiger partial charge on any atom is -0.0587 e. The van der Waals surface area contributed by atoms with Gasteiger partial charge >= 0.3 is 0 Å². The van der Waals surface area contributed by atoms with Crippen LogP contribution in [0.5, 0.6) is 0 Å². The van der Waals surface area contributed by atoms with E-state index in [0.717, 1.165) is 5.92 Å². The Morgan fingerprint density at radius 2 is 1.25 bits per heavy atom. The van der Waals surface area contributed by atoms with E-state index < -0.39 is 0 Å². The Morgan fingerprint density at radius 1 is 0.750 bits per heavy atom. The first-order valence-electron chi connectivity index (χ1n) is 7.72. The molecule has 0 unspecified atom stereocenters. The second-order valence-electron chi connectivity index (χ2n) is 6.21. The highest BCUT2D eigenvalue weighted by Crippen LogP contribution is 2.35. The van der Waals surface area contributed by atoms with Crippen LogP contribution in [0.4, 0.5) is 0 Å². The van der Waals surface area contributed by atoms with Gasteiger partial charge in [0, 0.05) is 0 Å². The smallest absolute Gasteiger partial charge is 0.0587 e. The molecule has 2 aromatic carbocycles. The molecule has 0 aromatic heterocycles. The van der Waals surface area contributed by atoms with Crippen LogP contribution in [-0.2, 0) is 0 Å². The van der Waals surface area contributed by atoms with Crippen LogP contribution in [0.1, 0.15) is 42.7 Å². The van der Waals surface area contributed by atoms with Crippen LogP contribution in [-0.4, -0.2) is 0 Å². The fourth-order valence-corrected chi connectivity index (χ4v) is 3.19. The lowest BCUT2D eigenvalue weighted by molar-refractivity contribution is 0.374. The molecule has 0 aliphatic heterocycles. The number of benzene rings is 2. The van der Waals surface area contributed by atoms with Crippen LogP contribution in [0.25, 0.3) is 11.1 Å². The maximum atomic E-state index is 4.19. The zero-order valence-corrected chi connectivity index (χ0v) is 12.3. The molecule has 0 amide bonds. The van der Waals surface area contributed by atoms with Crippen LogP contribution in [0.3, 0.4) is 0 Å². The van der Waals surface area contributed by atoms with Crippen molar-refractivity contribution in [2.45, 2.75) is 38.5 Å². The van der Waals surface area contributed by atoms with Crippen molar-refractivity contribution in [1.82, 2.24) is 0 Å². The first-order valence-corrected chi connectivity index (χ1v) is 7.72. The third-order valence-corrected chi connectivity index (χ3v) is 4.61. The highest BCUT2D eigenvalue weighted by molar-refractivity contribution is 5.64. The lowest BCUT2D eigenvalue weighted by Gasteiger charge is -2.23. The molecule has 1 aliphatic rings. The molecule has 0 spiro atoms. The summed E-state index contributed by atoms with van der Waals surface area (Å²) in [6.45, 7) is 6.32. The van der Waals surface area contributed by atoms with Crippen molar-refractivity contribution in [3.63, 3.8) is 0 Å². The van der Waals surface area contributed by atoms with Crippen molar-refractivity contribution in [3.05, 3.63) is 66.6 Å². The summed E-state index contributed by atoms with van der Waals surface area (Å²) in [6, 6.07) is 18.0. The van der Waals surface area contributed by atoms with Crippen LogP contribution in [0.2, 0.25) is 0 Å². The van der Waals surface area contributed by atoms with Crippen molar-refractivity contribution in [1.29, 1.82) is 0 Å². The molecular weight excluding hydrogens is 240 g/mol. The molecule has 1 saturated carbocycles. The van der Waals surface area contributed by atoms with E-state index in [9.17, 15) is 0 Å². The normalized spacial score (nSPS) is 22.6. The molecule has 0 heteroatoms. The van der Waals surface area contributed by atoms with Gasteiger partial charge in [-0.15, -0.1) is 0 Å². The fourth-order valence-electron chi connectivity index (χ4n) is 3.19. The molecule has 0 heterocycles. The lowest BCUT2D eigenvalue weighted by atomic mass is 9.79. The quantitative estimate of drug-likeness (QED) is 0.603. The number of hydrogen-bond acceptors (Lipinski definition) is 0. The average Bonchev–Trinajstić information content (AvgIpc) is 2.49. The number of hydrogen-bond donors (Lipinski definition) is 0. The van der Waals surface area contributed by atoms with Gasteiger partial charge in [-0.3, -0.25) is 0 Å². The van der Waals surface area contributed by atoms with Crippen LogP contribution >= 0.6 is 0 Å². The van der Waals surface area contributed by atoms with E-state index in [1.165, 1.54) is 47.9 Å². The Balaban J connectivity index is 1.76. The summed E-state index contributed by atoms with van der Waals surface area (Å²) >= 11 is 0. The van der Waals surface area contributed by atoms with Crippen molar-refractivity contribution < 1.29 is 0 Å². The number of rotatable bonds is 2. The highest BCUT2D eigenvalue weighted by Gasteiger charge is 2.22. The Kier molecular flexibility index (Phi) is 3.82. The molecule has 0 bridgehead atoms. The molecular formula is C20H23+. The van der Waals surface area contributed by atoms with E-state index in [-0.39, 0.29) is 0 Å². The van der Waals surface area contributed by atoms with Crippen LogP contribution < -0.4 is 0 Å². The largest absolute Gasteiger partial charge is 0.0953 e. The van der Waals surface area contributed by atoms with Gasteiger partial charge in [-0.25, -0.2) is 0 Å². The SMILES string of the molecule is [CH2+]C1CCC(c2ccc(-c3ccc(C)cc3)cc2)CC1. The van der Waals surface area contributed by atoms with Gasteiger partial charge in [0.1, 0.15) is 0 Å². The summed E-state index contributed by atoms with van der Waals surface area (Å²) < 4.78 is 0. The minimum absolute atomic E-state index is 0.679. The second kappa shape index (κ2) is 5.75. The third kappa shape index (κ3) is 2.90. The molecule has 1 aliphatic carbocycles. The van der Waals surface area contributed by atoms with Gasteiger partial charge in [-0.1, -0.05) is 54.1 Å². The van der Waals surface area contributed by atoms with Crippen LogP contribution in [0, 0.1) is 19.8 Å². The van der Waals surface area contributed by atoms with Crippen molar-refractivity contribution in [2.24, 2.45) is 5.92 Å². The minimum atomic E-state index is 0.679. The maximum absolute atomic E-state index is 4.19. The summed E-state index contributed by atoms with van der Waals surface area (Å²) in [6.07, 6.45) is 5.17. The molecule has 0 N–H and O–H groups in total. The summed E-state index contributed by atoms with van der Waals surface area (Å²) in [5, 5.41) is 0. The average molecular weight is 263 g/mol. The van der Waals surface area contributed by atoms with Gasteiger partial charge in [-0.2, -0.15) is 0 Å². The van der Waals surface area contributed by atoms with E-state index in [1.807, 2.05) is 0 Å². The first-order chi connectivity index (χ1) is 9.72. The monoisotopic (exact) mass is 263 g/mol. The summed E-state index contributed by atoms with van der Waals surface area (Å²) in [5.74, 6) is 1.43. The van der Waals surface area contributed by atoms with Crippen molar-refractivity contribution >= 4 is 0 Å². The Labute approximate surface area is 122 Å². The zero-order chi connectivity index (χ0) is 13.9. The molecule has 20 heavy (non-hydrogen) atoms. The predicted molar refractivity (Wildman–Crippen MR) is 86.7 cm³/mol. The van der Waals surface area contributed by atoms with Gasteiger partial charge < -0.3 is 0 Å². The van der Waals surface area contributed by atoms with E-state index in [2.05, 4.69) is 62.4 Å². The molecule has 0 nitrogen and oxygen atoms in total. The van der Waals surface area contributed by atoms with E-state index in [0.29, 0.717) is 5.92 Å². The molecule has 0 saturated heterocycles. The van der Waals surface area contributed by atoms with Gasteiger partial charge in [0.25, 0.3) is 0 Å². The number of aryl methyl sites for hydroxylation is 1. The zero-order valence-electron chi connectivity index (χ0n) is 12.3. The molecule has 0 atom stereocenters. The molecule has 102 valence electrons. The van der Waals surface area contributed by atoms with Crippen molar-refractivity contribution in [3.8, 4) is 11.1 Å². The molecule has 3 rings (SSSR count). The first kappa shape index (κ1) is 13.3. The lowest BCUT2D eigenvalue weighted by Crippen LogP contribution is -2.10. The fraction of sp³-hybridized carbons (Fsp3) is 0.350. The van der Waals surface area contributed by atoms with Crippen molar-refractivity contribution in [2.75, 3.05) is 0 Å². The maximum Gasteiger partial charge on any atom is 0.0953 e. The highest BCUT2D eigenvalue weighted by atomic mass is 14.2.